The molecule has 0 saturated heterocycles. The highest BCUT2D eigenvalue weighted by atomic mass is 32.1. The molecule has 1 unspecified atom stereocenters. The van der Waals surface area contributed by atoms with Gasteiger partial charge in [-0.2, -0.15) is 0 Å². The summed E-state index contributed by atoms with van der Waals surface area (Å²) in [5.41, 5.74) is 4.81. The van der Waals surface area contributed by atoms with Gasteiger partial charge in [0.25, 0.3) is 0 Å². The number of benzene rings is 1. The van der Waals surface area contributed by atoms with Crippen LogP contribution in [0.3, 0.4) is 0 Å². The molecule has 1 aromatic carbocycles. The quantitative estimate of drug-likeness (QED) is 0.937. The zero-order valence-electron chi connectivity index (χ0n) is 12.1. The van der Waals surface area contributed by atoms with E-state index in [2.05, 4.69) is 53.3 Å². The molecule has 0 saturated carbocycles. The van der Waals surface area contributed by atoms with E-state index in [0.717, 1.165) is 26.1 Å². The molecule has 1 aliphatic heterocycles. The second kappa shape index (κ2) is 5.54. The first-order valence-corrected chi connectivity index (χ1v) is 8.03. The van der Waals surface area contributed by atoms with E-state index in [-0.39, 0.29) is 5.54 Å². The van der Waals surface area contributed by atoms with Crippen molar-refractivity contribution >= 4 is 17.0 Å². The summed E-state index contributed by atoms with van der Waals surface area (Å²) in [5.74, 6) is 0. The van der Waals surface area contributed by atoms with E-state index in [4.69, 9.17) is 0 Å². The highest BCUT2D eigenvalue weighted by Crippen LogP contribution is 2.29. The third kappa shape index (κ3) is 2.72. The second-order valence-corrected chi connectivity index (χ2v) is 6.69. The van der Waals surface area contributed by atoms with Crippen LogP contribution in [0.2, 0.25) is 0 Å². The Balaban J connectivity index is 1.94. The average Bonchev–Trinajstić information content (AvgIpc) is 2.93. The molecule has 1 aromatic heterocycles. The van der Waals surface area contributed by atoms with Gasteiger partial charge in [-0.1, -0.05) is 25.1 Å². The Morgan fingerprint density at radius 2 is 2.25 bits per heavy atom. The fourth-order valence-corrected chi connectivity index (χ4v) is 3.34. The normalized spacial score (nSPS) is 22.4. The Hall–Kier alpha value is -1.39. The molecule has 0 bridgehead atoms. The van der Waals surface area contributed by atoms with Crippen LogP contribution in [0, 0.1) is 0 Å². The van der Waals surface area contributed by atoms with Crippen molar-refractivity contribution in [3.63, 3.8) is 0 Å². The zero-order chi connectivity index (χ0) is 14.0. The molecule has 0 aliphatic carbocycles. The van der Waals surface area contributed by atoms with Crippen molar-refractivity contribution in [2.75, 3.05) is 11.4 Å². The number of fused-ring (bicyclic) bond motifs is 1. The molecule has 20 heavy (non-hydrogen) atoms. The number of aromatic nitrogens is 1. The number of nitrogens with zero attached hydrogens (tertiary/aromatic N) is 2. The van der Waals surface area contributed by atoms with Crippen molar-refractivity contribution in [2.45, 2.75) is 38.9 Å². The topological polar surface area (TPSA) is 28.2 Å². The van der Waals surface area contributed by atoms with Crippen molar-refractivity contribution < 1.29 is 0 Å². The summed E-state index contributed by atoms with van der Waals surface area (Å²) in [7, 11) is 0. The van der Waals surface area contributed by atoms with E-state index in [9.17, 15) is 0 Å². The third-order valence-corrected chi connectivity index (χ3v) is 4.95. The van der Waals surface area contributed by atoms with Gasteiger partial charge in [-0.05, 0) is 25.0 Å². The smallest absolute Gasteiger partial charge is 0.0794 e. The number of para-hydroxylation sites is 1. The number of anilines is 1. The standard InChI is InChI=1S/C16H21N3S/c1-3-16(2)11-19(10-14-9-17-12-20-14)15-7-5-4-6-13(15)8-18-16/h4-7,9,12,18H,3,8,10-11H2,1-2H3. The first-order chi connectivity index (χ1) is 9.70. The van der Waals surface area contributed by atoms with Crippen LogP contribution in [0.4, 0.5) is 5.69 Å². The third-order valence-electron chi connectivity index (χ3n) is 4.19. The fraction of sp³-hybridized carbons (Fsp3) is 0.438. The van der Waals surface area contributed by atoms with Gasteiger partial charge in [0.1, 0.15) is 0 Å². The van der Waals surface area contributed by atoms with Gasteiger partial charge in [0.15, 0.2) is 0 Å². The minimum Gasteiger partial charge on any atom is -0.364 e. The number of hydrogen-bond acceptors (Lipinski definition) is 4. The maximum Gasteiger partial charge on any atom is 0.0794 e. The Bertz CT molecular complexity index is 567. The first kappa shape index (κ1) is 13.6. The van der Waals surface area contributed by atoms with Crippen LogP contribution in [-0.2, 0) is 13.1 Å². The van der Waals surface area contributed by atoms with Crippen molar-refractivity contribution in [1.29, 1.82) is 0 Å². The molecular weight excluding hydrogens is 266 g/mol. The summed E-state index contributed by atoms with van der Waals surface area (Å²) in [6.07, 6.45) is 3.11. The van der Waals surface area contributed by atoms with E-state index in [0.29, 0.717) is 0 Å². The fourth-order valence-electron chi connectivity index (χ4n) is 2.73. The van der Waals surface area contributed by atoms with Crippen LogP contribution < -0.4 is 10.2 Å². The lowest BCUT2D eigenvalue weighted by Crippen LogP contribution is -2.48. The van der Waals surface area contributed by atoms with Crippen LogP contribution in [-0.4, -0.2) is 17.1 Å². The summed E-state index contributed by atoms with van der Waals surface area (Å²) < 4.78 is 0. The minimum atomic E-state index is 0.156. The van der Waals surface area contributed by atoms with Crippen molar-refractivity contribution in [3.05, 3.63) is 46.4 Å². The number of nitrogens with one attached hydrogen (secondary N) is 1. The van der Waals surface area contributed by atoms with Crippen molar-refractivity contribution in [3.8, 4) is 0 Å². The Morgan fingerprint density at radius 3 is 3.00 bits per heavy atom. The van der Waals surface area contributed by atoms with Gasteiger partial charge >= 0.3 is 0 Å². The van der Waals surface area contributed by atoms with Crippen molar-refractivity contribution in [2.24, 2.45) is 0 Å². The lowest BCUT2D eigenvalue weighted by Gasteiger charge is -2.34. The minimum absolute atomic E-state index is 0.156. The van der Waals surface area contributed by atoms with Crippen LogP contribution in [0.25, 0.3) is 0 Å². The highest BCUT2D eigenvalue weighted by molar-refractivity contribution is 7.09. The summed E-state index contributed by atoms with van der Waals surface area (Å²) in [5, 5.41) is 3.72. The molecule has 0 spiro atoms. The maximum atomic E-state index is 4.20. The Labute approximate surface area is 124 Å². The van der Waals surface area contributed by atoms with Gasteiger partial charge < -0.3 is 10.2 Å². The number of rotatable bonds is 3. The van der Waals surface area contributed by atoms with E-state index in [1.54, 1.807) is 11.3 Å². The Kier molecular flexibility index (Phi) is 3.76. The van der Waals surface area contributed by atoms with Gasteiger partial charge in [0, 0.05) is 35.4 Å². The summed E-state index contributed by atoms with van der Waals surface area (Å²) >= 11 is 1.73. The molecule has 3 nitrogen and oxygen atoms in total. The predicted molar refractivity (Wildman–Crippen MR) is 85.1 cm³/mol. The molecule has 2 aromatic rings. The average molecular weight is 287 g/mol. The second-order valence-electron chi connectivity index (χ2n) is 5.72. The van der Waals surface area contributed by atoms with Crippen LogP contribution >= 0.6 is 11.3 Å². The lowest BCUT2D eigenvalue weighted by molar-refractivity contribution is 0.349. The summed E-state index contributed by atoms with van der Waals surface area (Å²) in [6.45, 7) is 7.49. The molecule has 0 amide bonds. The molecule has 1 atom stereocenters. The Morgan fingerprint density at radius 1 is 1.40 bits per heavy atom. The largest absolute Gasteiger partial charge is 0.364 e. The van der Waals surface area contributed by atoms with E-state index >= 15 is 0 Å². The molecular formula is C16H21N3S. The summed E-state index contributed by atoms with van der Waals surface area (Å²) in [4.78, 5) is 8.01. The maximum absolute atomic E-state index is 4.20. The van der Waals surface area contributed by atoms with Gasteiger partial charge in [-0.3, -0.25) is 4.98 Å². The highest BCUT2D eigenvalue weighted by Gasteiger charge is 2.29. The van der Waals surface area contributed by atoms with Crippen LogP contribution in [0.15, 0.2) is 36.0 Å². The SMILES string of the molecule is CCC1(C)CN(Cc2cncs2)c2ccccc2CN1. The molecule has 2 heterocycles. The number of thiazole rings is 1. The molecule has 4 heteroatoms. The predicted octanol–water partition coefficient (Wildman–Crippen LogP) is 3.42. The first-order valence-electron chi connectivity index (χ1n) is 7.15. The van der Waals surface area contributed by atoms with Crippen LogP contribution in [0.5, 0.6) is 0 Å². The molecule has 3 rings (SSSR count). The number of hydrogen-bond donors (Lipinski definition) is 1. The monoisotopic (exact) mass is 287 g/mol. The molecule has 1 aliphatic rings. The molecule has 0 radical (unpaired) electrons. The molecule has 106 valence electrons. The van der Waals surface area contributed by atoms with Crippen molar-refractivity contribution in [1.82, 2.24) is 10.3 Å². The zero-order valence-corrected chi connectivity index (χ0v) is 12.9. The van der Waals surface area contributed by atoms with Gasteiger partial charge in [-0.25, -0.2) is 0 Å². The van der Waals surface area contributed by atoms with Crippen LogP contribution in [0.1, 0.15) is 30.7 Å². The van der Waals surface area contributed by atoms with E-state index < -0.39 is 0 Å². The van der Waals surface area contributed by atoms with Gasteiger partial charge in [-0.15, -0.1) is 11.3 Å². The molecule has 1 N–H and O–H groups in total. The van der Waals surface area contributed by atoms with Gasteiger partial charge in [0.05, 0.1) is 12.1 Å². The van der Waals surface area contributed by atoms with Gasteiger partial charge in [0.2, 0.25) is 0 Å². The van der Waals surface area contributed by atoms with E-state index in [1.165, 1.54) is 16.1 Å². The lowest BCUT2D eigenvalue weighted by atomic mass is 9.98. The summed E-state index contributed by atoms with van der Waals surface area (Å²) in [6, 6.07) is 8.72. The van der Waals surface area contributed by atoms with E-state index in [1.807, 2.05) is 11.7 Å². The molecule has 0 fully saturated rings.